The number of ether oxygens (including phenoxy) is 2. The van der Waals surface area contributed by atoms with Crippen molar-refractivity contribution in [3.63, 3.8) is 0 Å². The summed E-state index contributed by atoms with van der Waals surface area (Å²) in [4.78, 5) is 24.3. The van der Waals surface area contributed by atoms with Crippen LogP contribution in [0.25, 0.3) is 0 Å². The summed E-state index contributed by atoms with van der Waals surface area (Å²) in [5.74, 6) is 2.96. The van der Waals surface area contributed by atoms with Crippen molar-refractivity contribution in [2.24, 2.45) is 51.5 Å². The number of carbonyl (C=O) groups excluding carboxylic acids is 2. The van der Waals surface area contributed by atoms with E-state index < -0.39 is 5.60 Å². The van der Waals surface area contributed by atoms with E-state index in [1.165, 1.54) is 52.4 Å². The lowest BCUT2D eigenvalue weighted by Gasteiger charge is -2.64. The molecule has 9 atom stereocenters. The van der Waals surface area contributed by atoms with Gasteiger partial charge >= 0.3 is 11.9 Å². The number of rotatable bonds is 7. The standard InChI is InChI=1S/C31H51NO5/c1-19(2)9-8-10-20(3)25-11-12-26-24-17-28(32-35)31(37-22(5)34)18-23(36-21(4)33)13-16-30(31,7)27(24)14-15-29(25,26)6/h19-20,23-27,35H,8-18H2,1-7H3/b32-28-/t20-,23-,24+,25-,26+,27+,29-,30-,31+/m1/s1. The van der Waals surface area contributed by atoms with E-state index in [2.05, 4.69) is 39.8 Å². The number of esters is 2. The van der Waals surface area contributed by atoms with Crippen LogP contribution in [0.15, 0.2) is 5.16 Å². The minimum absolute atomic E-state index is 0.311. The van der Waals surface area contributed by atoms with Gasteiger partial charge in [-0.15, -0.1) is 0 Å². The maximum absolute atomic E-state index is 12.5. The van der Waals surface area contributed by atoms with Crippen LogP contribution in [0.2, 0.25) is 0 Å². The third-order valence-electron chi connectivity index (χ3n) is 11.5. The number of oxime groups is 1. The average molecular weight is 518 g/mol. The minimum Gasteiger partial charge on any atom is -0.462 e. The summed E-state index contributed by atoms with van der Waals surface area (Å²) in [5, 5.41) is 14.2. The van der Waals surface area contributed by atoms with Crippen LogP contribution in [-0.2, 0) is 19.1 Å². The van der Waals surface area contributed by atoms with E-state index in [1.807, 2.05) is 0 Å². The van der Waals surface area contributed by atoms with Gasteiger partial charge in [-0.25, -0.2) is 0 Å². The molecule has 4 rings (SSSR count). The Balaban J connectivity index is 1.63. The molecule has 0 aromatic rings. The molecule has 0 heterocycles. The molecule has 6 nitrogen and oxygen atoms in total. The quantitative estimate of drug-likeness (QED) is 0.220. The van der Waals surface area contributed by atoms with Crippen LogP contribution in [0.4, 0.5) is 0 Å². The van der Waals surface area contributed by atoms with Crippen LogP contribution in [0.3, 0.4) is 0 Å². The molecule has 0 saturated heterocycles. The number of carbonyl (C=O) groups is 2. The monoisotopic (exact) mass is 517 g/mol. The summed E-state index contributed by atoms with van der Waals surface area (Å²) in [6, 6.07) is 0. The largest absolute Gasteiger partial charge is 0.462 e. The molecular weight excluding hydrogens is 466 g/mol. The first-order valence-corrected chi connectivity index (χ1v) is 15.0. The van der Waals surface area contributed by atoms with Crippen LogP contribution in [0.1, 0.15) is 119 Å². The zero-order chi connectivity index (χ0) is 27.2. The lowest BCUT2D eigenvalue weighted by Crippen LogP contribution is -2.68. The normalized spacial score (nSPS) is 43.0. The van der Waals surface area contributed by atoms with E-state index in [9.17, 15) is 14.8 Å². The van der Waals surface area contributed by atoms with E-state index >= 15 is 0 Å². The average Bonchev–Trinajstić information content (AvgIpc) is 3.15. The molecule has 0 amide bonds. The summed E-state index contributed by atoms with van der Waals surface area (Å²) in [5.41, 5.74) is -0.474. The Bertz CT molecular complexity index is 900. The molecule has 6 heteroatoms. The Kier molecular flexibility index (Phi) is 8.08. The second-order valence-electron chi connectivity index (χ2n) is 14.0. The van der Waals surface area contributed by atoms with Crippen molar-refractivity contribution < 1.29 is 24.3 Å². The van der Waals surface area contributed by atoms with Crippen LogP contribution in [0, 0.1) is 46.3 Å². The van der Waals surface area contributed by atoms with Crippen molar-refractivity contribution in [1.29, 1.82) is 0 Å². The van der Waals surface area contributed by atoms with Crippen molar-refractivity contribution >= 4 is 17.7 Å². The molecule has 0 bridgehead atoms. The molecular formula is C31H51NO5. The second kappa shape index (κ2) is 10.5. The summed E-state index contributed by atoms with van der Waals surface area (Å²) < 4.78 is 11.8. The molecule has 37 heavy (non-hydrogen) atoms. The molecule has 4 saturated carbocycles. The van der Waals surface area contributed by atoms with Crippen LogP contribution in [-0.4, -0.2) is 34.6 Å². The SMILES string of the molecule is CC(=O)O[C@@H]1CC[C@]2(C)[C@H]3CC[C@]4(C)[C@@H]([C@H](C)CCCC(C)C)CC[C@H]4[C@@H]3C/C(=N/O)[C@@]2(OC(C)=O)C1. The molecule has 0 aliphatic heterocycles. The highest BCUT2D eigenvalue weighted by atomic mass is 16.6. The third-order valence-corrected chi connectivity index (χ3v) is 11.5. The van der Waals surface area contributed by atoms with Gasteiger partial charge in [0.15, 0.2) is 5.60 Å². The van der Waals surface area contributed by atoms with E-state index in [0.717, 1.165) is 37.0 Å². The third kappa shape index (κ3) is 4.84. The van der Waals surface area contributed by atoms with E-state index in [4.69, 9.17) is 9.47 Å². The Morgan fingerprint density at radius 1 is 1.00 bits per heavy atom. The minimum atomic E-state index is -1.02. The van der Waals surface area contributed by atoms with Crippen molar-refractivity contribution in [2.75, 3.05) is 0 Å². The highest BCUT2D eigenvalue weighted by Gasteiger charge is 2.69. The zero-order valence-corrected chi connectivity index (χ0v) is 24.3. The van der Waals surface area contributed by atoms with Gasteiger partial charge in [-0.3, -0.25) is 9.59 Å². The fourth-order valence-electron chi connectivity index (χ4n) is 9.95. The van der Waals surface area contributed by atoms with Crippen LogP contribution < -0.4 is 0 Å². The van der Waals surface area contributed by atoms with Crippen molar-refractivity contribution in [1.82, 2.24) is 0 Å². The molecule has 0 unspecified atom stereocenters. The predicted molar refractivity (Wildman–Crippen MR) is 144 cm³/mol. The van der Waals surface area contributed by atoms with Gasteiger partial charge in [0.25, 0.3) is 0 Å². The Hall–Kier alpha value is -1.59. The zero-order valence-electron chi connectivity index (χ0n) is 24.3. The molecule has 0 aromatic carbocycles. The number of fused-ring (bicyclic) bond motifs is 5. The maximum atomic E-state index is 12.5. The fraction of sp³-hybridized carbons (Fsp3) is 0.903. The first-order chi connectivity index (χ1) is 17.4. The first kappa shape index (κ1) is 28.4. The predicted octanol–water partition coefficient (Wildman–Crippen LogP) is 7.17. The van der Waals surface area contributed by atoms with Crippen molar-refractivity contribution in [3.05, 3.63) is 0 Å². The van der Waals surface area contributed by atoms with Gasteiger partial charge < -0.3 is 14.7 Å². The molecule has 4 aliphatic rings. The molecule has 0 radical (unpaired) electrons. The van der Waals surface area contributed by atoms with E-state index in [-0.39, 0.29) is 23.5 Å². The van der Waals surface area contributed by atoms with Gasteiger partial charge in [-0.05, 0) is 85.9 Å². The van der Waals surface area contributed by atoms with Crippen molar-refractivity contribution in [3.8, 4) is 0 Å². The molecule has 4 aliphatic carbocycles. The van der Waals surface area contributed by atoms with Crippen molar-refractivity contribution in [2.45, 2.75) is 131 Å². The van der Waals surface area contributed by atoms with Gasteiger partial charge in [0.05, 0.1) is 0 Å². The lowest BCUT2D eigenvalue weighted by molar-refractivity contribution is -0.204. The Morgan fingerprint density at radius 3 is 2.35 bits per heavy atom. The van der Waals surface area contributed by atoms with Gasteiger partial charge in [0, 0.05) is 25.7 Å². The lowest BCUT2D eigenvalue weighted by atomic mass is 9.42. The van der Waals surface area contributed by atoms with Gasteiger partial charge in [-0.2, -0.15) is 0 Å². The van der Waals surface area contributed by atoms with Gasteiger partial charge in [0.2, 0.25) is 0 Å². The molecule has 210 valence electrons. The maximum Gasteiger partial charge on any atom is 0.303 e. The topological polar surface area (TPSA) is 85.2 Å². The highest BCUT2D eigenvalue weighted by Crippen LogP contribution is 2.69. The van der Waals surface area contributed by atoms with Gasteiger partial charge in [0.1, 0.15) is 11.8 Å². The smallest absolute Gasteiger partial charge is 0.303 e. The summed E-state index contributed by atoms with van der Waals surface area (Å²) in [6.07, 6.45) is 11.0. The Labute approximate surface area is 224 Å². The summed E-state index contributed by atoms with van der Waals surface area (Å²) >= 11 is 0. The molecule has 0 spiro atoms. The van der Waals surface area contributed by atoms with E-state index in [0.29, 0.717) is 41.7 Å². The number of hydrogen-bond donors (Lipinski definition) is 1. The first-order valence-electron chi connectivity index (χ1n) is 15.0. The molecule has 4 fully saturated rings. The second-order valence-corrected chi connectivity index (χ2v) is 14.0. The highest BCUT2D eigenvalue weighted by molar-refractivity contribution is 5.96. The summed E-state index contributed by atoms with van der Waals surface area (Å²) in [7, 11) is 0. The molecule has 0 aromatic heterocycles. The number of nitrogens with zero attached hydrogens (tertiary/aromatic N) is 1. The number of hydrogen-bond acceptors (Lipinski definition) is 6. The summed E-state index contributed by atoms with van der Waals surface area (Å²) in [6.45, 7) is 14.8. The van der Waals surface area contributed by atoms with Gasteiger partial charge in [-0.1, -0.05) is 59.0 Å². The Morgan fingerprint density at radius 2 is 1.73 bits per heavy atom. The van der Waals surface area contributed by atoms with E-state index in [1.54, 1.807) is 0 Å². The molecule has 1 N–H and O–H groups in total. The van der Waals surface area contributed by atoms with Crippen LogP contribution in [0.5, 0.6) is 0 Å². The fourth-order valence-corrected chi connectivity index (χ4v) is 9.95. The van der Waals surface area contributed by atoms with Crippen LogP contribution >= 0.6 is 0 Å².